The van der Waals surface area contributed by atoms with Gasteiger partial charge in [-0.25, -0.2) is 4.79 Å². The number of aliphatic hydroxyl groups excluding tert-OH is 1. The molecule has 3 aliphatic rings. The lowest BCUT2D eigenvalue weighted by Crippen LogP contribution is -2.54. The molecule has 3 fully saturated rings. The summed E-state index contributed by atoms with van der Waals surface area (Å²) in [5.74, 6) is 0.589. The van der Waals surface area contributed by atoms with Crippen LogP contribution in [0.1, 0.15) is 52.9 Å². The summed E-state index contributed by atoms with van der Waals surface area (Å²) in [5, 5.41) is 20.6. The molecular formula is C20H30O4. The lowest BCUT2D eigenvalue weighted by molar-refractivity contribution is -0.135. The first-order valence-electron chi connectivity index (χ1n) is 9.12. The molecule has 3 rings (SSSR count). The van der Waals surface area contributed by atoms with Gasteiger partial charge in [-0.05, 0) is 62.2 Å². The first-order valence-corrected chi connectivity index (χ1v) is 9.12. The average Bonchev–Trinajstić information content (AvgIpc) is 2.83. The topological polar surface area (TPSA) is 66.8 Å². The number of carbonyl (C=O) groups excluding carboxylic acids is 1. The molecule has 0 bridgehead atoms. The number of aliphatic hydroxyl groups is 2. The molecule has 0 aromatic rings. The SMILES string of the molecule is C=C1CC[C@@H]2[C@@H](C)[C@@](C)(O)CC[C@@]2(C)[C@@H]1CC=C1C(=O)OCC1O. The van der Waals surface area contributed by atoms with Gasteiger partial charge in [0.2, 0.25) is 0 Å². The van der Waals surface area contributed by atoms with Crippen LogP contribution in [-0.2, 0) is 9.53 Å². The molecule has 6 atom stereocenters. The van der Waals surface area contributed by atoms with Crippen LogP contribution in [0.4, 0.5) is 0 Å². The van der Waals surface area contributed by atoms with E-state index < -0.39 is 17.7 Å². The van der Waals surface area contributed by atoms with Crippen LogP contribution in [0.2, 0.25) is 0 Å². The van der Waals surface area contributed by atoms with E-state index in [-0.39, 0.29) is 23.9 Å². The number of allylic oxidation sites excluding steroid dienone is 2. The van der Waals surface area contributed by atoms with E-state index in [1.54, 1.807) is 0 Å². The van der Waals surface area contributed by atoms with Crippen molar-refractivity contribution in [3.8, 4) is 0 Å². The van der Waals surface area contributed by atoms with E-state index in [0.29, 0.717) is 17.9 Å². The second-order valence-corrected chi connectivity index (χ2v) is 8.52. The first-order chi connectivity index (χ1) is 11.2. The monoisotopic (exact) mass is 334 g/mol. The Kier molecular flexibility index (Phi) is 4.42. The van der Waals surface area contributed by atoms with Gasteiger partial charge in [0.25, 0.3) is 0 Å². The van der Waals surface area contributed by atoms with Crippen molar-refractivity contribution < 1.29 is 19.7 Å². The Labute approximate surface area is 144 Å². The van der Waals surface area contributed by atoms with E-state index in [2.05, 4.69) is 20.4 Å². The average molecular weight is 334 g/mol. The number of hydrogen-bond acceptors (Lipinski definition) is 4. The molecule has 0 spiro atoms. The van der Waals surface area contributed by atoms with Gasteiger partial charge in [-0.3, -0.25) is 0 Å². The Morgan fingerprint density at radius 2 is 2.08 bits per heavy atom. The van der Waals surface area contributed by atoms with Crippen molar-refractivity contribution in [2.45, 2.75) is 64.6 Å². The third-order valence-electron chi connectivity index (χ3n) is 7.21. The quantitative estimate of drug-likeness (QED) is 0.463. The Bertz CT molecular complexity index is 576. The number of carbonyl (C=O) groups is 1. The minimum absolute atomic E-state index is 0.0655. The molecule has 1 aliphatic heterocycles. The highest BCUT2D eigenvalue weighted by Gasteiger charge is 2.54. The zero-order valence-corrected chi connectivity index (χ0v) is 15.0. The van der Waals surface area contributed by atoms with Gasteiger partial charge in [0.05, 0.1) is 11.2 Å². The summed E-state index contributed by atoms with van der Waals surface area (Å²) in [5.41, 5.74) is 1.11. The van der Waals surface area contributed by atoms with E-state index >= 15 is 0 Å². The van der Waals surface area contributed by atoms with Gasteiger partial charge in [0.15, 0.2) is 0 Å². The van der Waals surface area contributed by atoms with Crippen molar-refractivity contribution in [1.82, 2.24) is 0 Å². The third kappa shape index (κ3) is 2.74. The maximum Gasteiger partial charge on any atom is 0.336 e. The molecule has 0 radical (unpaired) electrons. The second kappa shape index (κ2) is 5.99. The number of rotatable bonds is 2. The minimum Gasteiger partial charge on any atom is -0.459 e. The van der Waals surface area contributed by atoms with Crippen molar-refractivity contribution in [2.75, 3.05) is 6.61 Å². The van der Waals surface area contributed by atoms with E-state index in [1.807, 2.05) is 13.0 Å². The van der Waals surface area contributed by atoms with Gasteiger partial charge in [-0.2, -0.15) is 0 Å². The van der Waals surface area contributed by atoms with Crippen molar-refractivity contribution in [2.24, 2.45) is 23.2 Å². The molecule has 24 heavy (non-hydrogen) atoms. The highest BCUT2D eigenvalue weighted by atomic mass is 16.6. The van der Waals surface area contributed by atoms with Gasteiger partial charge in [0.1, 0.15) is 12.7 Å². The zero-order chi connectivity index (χ0) is 17.7. The summed E-state index contributed by atoms with van der Waals surface area (Å²) in [6.07, 6.45) is 5.58. The molecule has 4 nitrogen and oxygen atoms in total. The van der Waals surface area contributed by atoms with Crippen LogP contribution in [0.15, 0.2) is 23.8 Å². The van der Waals surface area contributed by atoms with Crippen molar-refractivity contribution in [3.63, 3.8) is 0 Å². The maximum absolute atomic E-state index is 11.7. The minimum atomic E-state index is -0.802. The van der Waals surface area contributed by atoms with Gasteiger partial charge in [-0.1, -0.05) is 32.1 Å². The van der Waals surface area contributed by atoms with Crippen LogP contribution in [0.5, 0.6) is 0 Å². The van der Waals surface area contributed by atoms with Crippen LogP contribution in [-0.4, -0.2) is 34.5 Å². The van der Waals surface area contributed by atoms with Crippen molar-refractivity contribution in [3.05, 3.63) is 23.8 Å². The molecule has 134 valence electrons. The summed E-state index contributed by atoms with van der Waals surface area (Å²) < 4.78 is 4.91. The van der Waals surface area contributed by atoms with Crippen LogP contribution < -0.4 is 0 Å². The van der Waals surface area contributed by atoms with E-state index in [0.717, 1.165) is 25.7 Å². The predicted molar refractivity (Wildman–Crippen MR) is 92.1 cm³/mol. The van der Waals surface area contributed by atoms with Crippen LogP contribution in [0.3, 0.4) is 0 Å². The lowest BCUT2D eigenvalue weighted by Gasteiger charge is -2.57. The number of hydrogen-bond donors (Lipinski definition) is 2. The highest BCUT2D eigenvalue weighted by Crippen LogP contribution is 2.59. The summed E-state index contributed by atoms with van der Waals surface area (Å²) in [6.45, 7) is 10.8. The molecule has 4 heteroatoms. The van der Waals surface area contributed by atoms with E-state index in [9.17, 15) is 15.0 Å². The molecule has 2 saturated carbocycles. The molecule has 2 aliphatic carbocycles. The summed E-state index contributed by atoms with van der Waals surface area (Å²) >= 11 is 0. The van der Waals surface area contributed by atoms with Gasteiger partial charge < -0.3 is 14.9 Å². The zero-order valence-electron chi connectivity index (χ0n) is 15.0. The number of fused-ring (bicyclic) bond motifs is 1. The second-order valence-electron chi connectivity index (χ2n) is 8.52. The summed E-state index contributed by atoms with van der Waals surface area (Å²) in [4.78, 5) is 11.7. The fraction of sp³-hybridized carbons (Fsp3) is 0.750. The van der Waals surface area contributed by atoms with Crippen LogP contribution >= 0.6 is 0 Å². The normalized spacial score (nSPS) is 47.6. The molecule has 2 N–H and O–H groups in total. The number of cyclic esters (lactones) is 1. The van der Waals surface area contributed by atoms with Gasteiger partial charge in [0, 0.05) is 0 Å². The Morgan fingerprint density at radius 3 is 2.71 bits per heavy atom. The van der Waals surface area contributed by atoms with E-state index in [4.69, 9.17) is 4.74 Å². The lowest BCUT2D eigenvalue weighted by atomic mass is 9.48. The van der Waals surface area contributed by atoms with E-state index in [1.165, 1.54) is 5.57 Å². The highest BCUT2D eigenvalue weighted by molar-refractivity contribution is 5.91. The maximum atomic E-state index is 11.7. The van der Waals surface area contributed by atoms with Crippen LogP contribution in [0, 0.1) is 23.2 Å². The number of ether oxygens (including phenoxy) is 1. The molecule has 0 aromatic heterocycles. The fourth-order valence-corrected chi connectivity index (χ4v) is 5.30. The van der Waals surface area contributed by atoms with Gasteiger partial charge >= 0.3 is 5.97 Å². The molecule has 0 aromatic carbocycles. The number of esters is 1. The Balaban J connectivity index is 1.85. The van der Waals surface area contributed by atoms with Crippen molar-refractivity contribution in [1.29, 1.82) is 0 Å². The molecule has 1 heterocycles. The predicted octanol–water partition coefficient (Wildman–Crippen LogP) is 2.99. The first kappa shape index (κ1) is 17.7. The largest absolute Gasteiger partial charge is 0.459 e. The third-order valence-corrected chi connectivity index (χ3v) is 7.21. The molecule has 1 saturated heterocycles. The van der Waals surface area contributed by atoms with Crippen LogP contribution in [0.25, 0.3) is 0 Å². The Morgan fingerprint density at radius 1 is 1.38 bits per heavy atom. The molecule has 0 amide bonds. The smallest absolute Gasteiger partial charge is 0.336 e. The standard InChI is InChI=1S/C20H30O4/c1-12-5-7-16-13(2)20(4,23)10-9-19(16,3)15(12)8-6-14-17(21)11-24-18(14)22/h6,13,15-17,21,23H,1,5,7-11H2,2-4H3/t13-,15-,16-,17?,19+,20+/m1/s1. The van der Waals surface area contributed by atoms with Gasteiger partial charge in [-0.15, -0.1) is 0 Å². The molecule has 1 unspecified atom stereocenters. The molecular weight excluding hydrogens is 304 g/mol. The fourth-order valence-electron chi connectivity index (χ4n) is 5.30. The van der Waals surface area contributed by atoms with Crippen molar-refractivity contribution >= 4 is 5.97 Å². The summed E-state index contributed by atoms with van der Waals surface area (Å²) in [7, 11) is 0. The Hall–Kier alpha value is -1.13. The summed E-state index contributed by atoms with van der Waals surface area (Å²) in [6, 6.07) is 0.